The Bertz CT molecular complexity index is 863. The van der Waals surface area contributed by atoms with E-state index in [1.165, 1.54) is 167 Å². The highest BCUT2D eigenvalue weighted by Gasteiger charge is 2.24. The minimum Gasteiger partial charge on any atom is -0.462 e. The molecule has 6 nitrogen and oxygen atoms in total. The smallest absolute Gasteiger partial charge is 0.306 e. The number of unbranched alkanes of at least 4 members (excludes halogenated alkanes) is 32. The normalized spacial score (nSPS) is 13.3. The van der Waals surface area contributed by atoms with Gasteiger partial charge in [0.25, 0.3) is 0 Å². The first kappa shape index (κ1) is 55.6. The minimum absolute atomic E-state index is 0.0726. The Morgan fingerprint density at radius 1 is 0.491 bits per heavy atom. The van der Waals surface area contributed by atoms with E-state index in [1.54, 1.807) is 0 Å². The maximum Gasteiger partial charge on any atom is 0.306 e. The molecule has 0 aromatic rings. The Morgan fingerprint density at radius 3 is 1.32 bits per heavy atom. The molecule has 338 valence electrons. The Labute approximate surface area is 355 Å². The number of aliphatic hydroxyl groups excluding tert-OH is 2. The van der Waals surface area contributed by atoms with Gasteiger partial charge in [0, 0.05) is 6.42 Å². The zero-order chi connectivity index (χ0) is 41.7. The molecular weight excluding hydrogens is 707 g/mol. The van der Waals surface area contributed by atoms with Crippen molar-refractivity contribution in [3.05, 3.63) is 12.2 Å². The molecule has 0 heterocycles. The second-order valence-corrected chi connectivity index (χ2v) is 17.6. The van der Waals surface area contributed by atoms with Crippen molar-refractivity contribution < 1.29 is 24.5 Å². The van der Waals surface area contributed by atoms with Crippen LogP contribution < -0.4 is 5.32 Å². The molecule has 3 unspecified atom stereocenters. The van der Waals surface area contributed by atoms with Crippen molar-refractivity contribution in [2.24, 2.45) is 0 Å². The van der Waals surface area contributed by atoms with Crippen LogP contribution in [0.2, 0.25) is 0 Å². The van der Waals surface area contributed by atoms with Gasteiger partial charge in [0.2, 0.25) is 5.91 Å². The summed E-state index contributed by atoms with van der Waals surface area (Å²) in [4.78, 5) is 26.0. The lowest BCUT2D eigenvalue weighted by Gasteiger charge is -2.24. The van der Waals surface area contributed by atoms with Crippen molar-refractivity contribution in [1.82, 2.24) is 5.32 Å². The van der Waals surface area contributed by atoms with Gasteiger partial charge in [-0.25, -0.2) is 0 Å². The predicted molar refractivity (Wildman–Crippen MR) is 246 cm³/mol. The second-order valence-electron chi connectivity index (χ2n) is 17.6. The number of hydrogen-bond acceptors (Lipinski definition) is 5. The van der Waals surface area contributed by atoms with E-state index in [2.05, 4.69) is 38.2 Å². The van der Waals surface area contributed by atoms with Gasteiger partial charge in [0.15, 0.2) is 0 Å². The van der Waals surface area contributed by atoms with Crippen LogP contribution in [0.15, 0.2) is 12.2 Å². The maximum atomic E-state index is 13.1. The molecule has 6 heteroatoms. The summed E-state index contributed by atoms with van der Waals surface area (Å²) in [6, 6.07) is -0.698. The Kier molecular flexibility index (Phi) is 44.6. The van der Waals surface area contributed by atoms with Crippen LogP contribution in [0.4, 0.5) is 0 Å². The number of hydrogen-bond donors (Lipinski definition) is 3. The molecule has 0 spiro atoms. The number of carbonyl (C=O) groups excluding carboxylic acids is 2. The fraction of sp³-hybridized carbons (Fsp3) is 0.922. The molecular formula is C51H99NO5. The summed E-state index contributed by atoms with van der Waals surface area (Å²) in [5.74, 6) is -0.478. The van der Waals surface area contributed by atoms with Gasteiger partial charge in [-0.1, -0.05) is 232 Å². The highest BCUT2D eigenvalue weighted by Crippen LogP contribution is 2.18. The summed E-state index contributed by atoms with van der Waals surface area (Å²) in [5.41, 5.74) is 0. The number of aliphatic hydroxyl groups is 2. The van der Waals surface area contributed by atoms with Crippen molar-refractivity contribution in [3.8, 4) is 0 Å². The number of esters is 1. The Balaban J connectivity index is 4.37. The predicted octanol–water partition coefficient (Wildman–Crippen LogP) is 15.0. The number of ether oxygens (including phenoxy) is 1. The minimum atomic E-state index is -0.784. The van der Waals surface area contributed by atoms with Crippen LogP contribution in [0.25, 0.3) is 0 Å². The third-order valence-corrected chi connectivity index (χ3v) is 11.8. The molecule has 0 rings (SSSR count). The molecule has 0 fully saturated rings. The molecule has 0 aliphatic heterocycles. The van der Waals surface area contributed by atoms with Crippen LogP contribution in [0.3, 0.4) is 0 Å². The van der Waals surface area contributed by atoms with Gasteiger partial charge in [0.1, 0.15) is 6.10 Å². The van der Waals surface area contributed by atoms with Crippen LogP contribution >= 0.6 is 0 Å². The van der Waals surface area contributed by atoms with Gasteiger partial charge >= 0.3 is 5.97 Å². The lowest BCUT2D eigenvalue weighted by molar-refractivity contribution is -0.151. The Hall–Kier alpha value is -1.40. The van der Waals surface area contributed by atoms with Crippen LogP contribution in [0.1, 0.15) is 278 Å². The monoisotopic (exact) mass is 806 g/mol. The van der Waals surface area contributed by atoms with Gasteiger partial charge in [-0.05, 0) is 44.9 Å². The number of amides is 1. The molecule has 0 aromatic heterocycles. The quantitative estimate of drug-likeness (QED) is 0.0323. The molecule has 0 saturated carbocycles. The largest absolute Gasteiger partial charge is 0.462 e. The molecule has 0 aromatic carbocycles. The average molecular weight is 806 g/mol. The molecule has 3 N–H and O–H groups in total. The topological polar surface area (TPSA) is 95.9 Å². The van der Waals surface area contributed by atoms with E-state index in [0.717, 1.165) is 64.2 Å². The van der Waals surface area contributed by atoms with E-state index in [-0.39, 0.29) is 24.9 Å². The SMILES string of the molecule is CCC/C=C\CCCCCC(CC(=O)NC(CO)C(O)CCCCCCCCCCCCCCC)OC(=O)CCCCCCCCCCCCCCCCCCC. The molecule has 0 saturated heterocycles. The fourth-order valence-electron chi connectivity index (χ4n) is 7.96. The van der Waals surface area contributed by atoms with Crippen molar-refractivity contribution in [2.75, 3.05) is 6.61 Å². The van der Waals surface area contributed by atoms with Gasteiger partial charge in [-0.2, -0.15) is 0 Å². The average Bonchev–Trinajstić information content (AvgIpc) is 3.20. The molecule has 0 radical (unpaired) electrons. The highest BCUT2D eigenvalue weighted by atomic mass is 16.5. The van der Waals surface area contributed by atoms with Gasteiger partial charge in [-0.15, -0.1) is 0 Å². The van der Waals surface area contributed by atoms with Gasteiger partial charge < -0.3 is 20.3 Å². The fourth-order valence-corrected chi connectivity index (χ4v) is 7.96. The molecule has 0 aliphatic rings. The summed E-state index contributed by atoms with van der Waals surface area (Å²) in [7, 11) is 0. The van der Waals surface area contributed by atoms with Crippen molar-refractivity contribution in [2.45, 2.75) is 296 Å². The lowest BCUT2D eigenvalue weighted by atomic mass is 10.0. The molecule has 57 heavy (non-hydrogen) atoms. The number of rotatable bonds is 46. The van der Waals surface area contributed by atoms with Crippen molar-refractivity contribution >= 4 is 11.9 Å². The molecule has 0 bridgehead atoms. The first-order valence-corrected chi connectivity index (χ1v) is 25.4. The maximum absolute atomic E-state index is 13.1. The zero-order valence-corrected chi connectivity index (χ0v) is 38.5. The first-order chi connectivity index (χ1) is 28.0. The number of allylic oxidation sites excluding steroid dienone is 2. The molecule has 3 atom stereocenters. The van der Waals surface area contributed by atoms with E-state index in [4.69, 9.17) is 4.74 Å². The van der Waals surface area contributed by atoms with E-state index in [1.807, 2.05) is 0 Å². The Morgan fingerprint density at radius 2 is 0.877 bits per heavy atom. The van der Waals surface area contributed by atoms with Crippen LogP contribution in [-0.4, -0.2) is 46.9 Å². The van der Waals surface area contributed by atoms with Crippen LogP contribution in [0, 0.1) is 0 Å². The van der Waals surface area contributed by atoms with Crippen molar-refractivity contribution in [3.63, 3.8) is 0 Å². The number of nitrogens with one attached hydrogen (secondary N) is 1. The van der Waals surface area contributed by atoms with E-state index >= 15 is 0 Å². The van der Waals surface area contributed by atoms with E-state index in [0.29, 0.717) is 19.3 Å². The highest BCUT2D eigenvalue weighted by molar-refractivity contribution is 5.77. The standard InChI is InChI=1S/C51H99NO5/c1-4-7-10-13-16-19-21-23-24-25-26-28-30-32-35-38-41-44-51(56)57-47(42-39-36-33-18-15-12-9-6-3)45-50(55)52-48(46-53)49(54)43-40-37-34-31-29-27-22-20-17-14-11-8-5-2/h12,15,47-49,53-54H,4-11,13-14,16-46H2,1-3H3,(H,52,55)/b15-12-. The molecule has 1 amide bonds. The third-order valence-electron chi connectivity index (χ3n) is 11.8. The zero-order valence-electron chi connectivity index (χ0n) is 38.5. The summed E-state index contributed by atoms with van der Waals surface area (Å²) in [5, 5.41) is 23.7. The van der Waals surface area contributed by atoms with Gasteiger partial charge in [0.05, 0.1) is 25.2 Å². The summed E-state index contributed by atoms with van der Waals surface area (Å²) >= 11 is 0. The first-order valence-electron chi connectivity index (χ1n) is 25.4. The van der Waals surface area contributed by atoms with Gasteiger partial charge in [-0.3, -0.25) is 9.59 Å². The van der Waals surface area contributed by atoms with Crippen LogP contribution in [-0.2, 0) is 14.3 Å². The number of carbonyl (C=O) groups is 2. The summed E-state index contributed by atoms with van der Waals surface area (Å²) in [6.07, 6.45) is 50.0. The van der Waals surface area contributed by atoms with Crippen molar-refractivity contribution in [1.29, 1.82) is 0 Å². The van der Waals surface area contributed by atoms with Crippen LogP contribution in [0.5, 0.6) is 0 Å². The van der Waals surface area contributed by atoms with E-state index in [9.17, 15) is 19.8 Å². The second kappa shape index (κ2) is 45.7. The third kappa shape index (κ3) is 41.1. The summed E-state index contributed by atoms with van der Waals surface area (Å²) in [6.45, 7) is 6.43. The molecule has 0 aliphatic carbocycles. The lowest BCUT2D eigenvalue weighted by Crippen LogP contribution is -2.46. The van der Waals surface area contributed by atoms with E-state index < -0.39 is 18.2 Å². The summed E-state index contributed by atoms with van der Waals surface area (Å²) < 4.78 is 5.90.